The molecule has 2 aromatic carbocycles. The molecule has 1 N–H and O–H groups in total. The third-order valence-electron chi connectivity index (χ3n) is 4.28. The van der Waals surface area contributed by atoms with Gasteiger partial charge >= 0.3 is 0 Å². The smallest absolute Gasteiger partial charge is 0.260 e. The number of aryl methyl sites for hydroxylation is 3. The second-order valence-corrected chi connectivity index (χ2v) is 6.39. The average molecular weight is 374 g/mol. The quantitative estimate of drug-likeness (QED) is 0.677. The maximum absolute atomic E-state index is 6.19. The normalized spacial score (nSPS) is 10.3. The van der Waals surface area contributed by atoms with Gasteiger partial charge in [0, 0.05) is 0 Å². The van der Waals surface area contributed by atoms with E-state index in [4.69, 9.17) is 26.4 Å². The summed E-state index contributed by atoms with van der Waals surface area (Å²) in [5.74, 6) is 1.68. The van der Waals surface area contributed by atoms with Crippen LogP contribution in [0.2, 0.25) is 0 Å². The maximum Gasteiger partial charge on any atom is 0.260 e. The molecule has 140 valence electrons. The van der Waals surface area contributed by atoms with Crippen LogP contribution >= 0.6 is 12.2 Å². The molecule has 0 saturated heterocycles. The van der Waals surface area contributed by atoms with E-state index in [0.717, 1.165) is 29.2 Å². The van der Waals surface area contributed by atoms with Crippen LogP contribution in [0.3, 0.4) is 0 Å². The Balaban J connectivity index is 2.33. The van der Waals surface area contributed by atoms with E-state index >= 15 is 0 Å². The van der Waals surface area contributed by atoms with Gasteiger partial charge in [-0.2, -0.15) is 0 Å². The summed E-state index contributed by atoms with van der Waals surface area (Å²) in [4.78, 5) is 0. The highest BCUT2D eigenvalue weighted by Gasteiger charge is 2.13. The largest absolute Gasteiger partial charge is 0.493 e. The molecule has 0 fully saturated rings. The van der Waals surface area contributed by atoms with Crippen molar-refractivity contribution in [3.8, 4) is 11.5 Å². The predicted molar refractivity (Wildman–Crippen MR) is 110 cm³/mol. The number of thiocarbonyl (C=S) groups is 1. The molecule has 2 rings (SSSR count). The minimum atomic E-state index is 0.306. The summed E-state index contributed by atoms with van der Waals surface area (Å²) >= 11 is 5.14. The summed E-state index contributed by atoms with van der Waals surface area (Å²) in [6.45, 7) is 9.27. The number of hydrogen-bond acceptors (Lipinski definition) is 4. The highest BCUT2D eigenvalue weighted by molar-refractivity contribution is 7.80. The van der Waals surface area contributed by atoms with Crippen LogP contribution in [-0.2, 0) is 17.8 Å². The SMILES string of the molecule is CCOc1cccc(NC(=S)OC)c1COc1cc(C)c(C)cc1CC. The van der Waals surface area contributed by atoms with Crippen molar-refractivity contribution in [3.63, 3.8) is 0 Å². The van der Waals surface area contributed by atoms with Crippen molar-refractivity contribution in [1.82, 2.24) is 0 Å². The van der Waals surface area contributed by atoms with Crippen LogP contribution in [-0.4, -0.2) is 18.9 Å². The molecule has 4 nitrogen and oxygen atoms in total. The lowest BCUT2D eigenvalue weighted by molar-refractivity contribution is 0.285. The van der Waals surface area contributed by atoms with Crippen LogP contribution in [0.4, 0.5) is 5.69 Å². The van der Waals surface area contributed by atoms with E-state index in [1.807, 2.05) is 25.1 Å². The second-order valence-electron chi connectivity index (χ2n) is 6.02. The van der Waals surface area contributed by atoms with Gasteiger partial charge in [0.15, 0.2) is 0 Å². The van der Waals surface area contributed by atoms with Crippen molar-refractivity contribution in [2.24, 2.45) is 0 Å². The first kappa shape index (κ1) is 20.0. The van der Waals surface area contributed by atoms with Crippen molar-refractivity contribution in [3.05, 3.63) is 52.6 Å². The number of anilines is 1. The molecule has 0 bridgehead atoms. The van der Waals surface area contributed by atoms with Gasteiger partial charge in [0.25, 0.3) is 5.17 Å². The fourth-order valence-electron chi connectivity index (χ4n) is 2.69. The summed E-state index contributed by atoms with van der Waals surface area (Å²) in [5.41, 5.74) is 5.42. The third kappa shape index (κ3) is 4.88. The van der Waals surface area contributed by atoms with E-state index in [1.54, 1.807) is 7.11 Å². The number of rotatable bonds is 7. The Morgan fingerprint density at radius 3 is 2.42 bits per heavy atom. The van der Waals surface area contributed by atoms with E-state index < -0.39 is 0 Å². The summed E-state index contributed by atoms with van der Waals surface area (Å²) in [6, 6.07) is 10.1. The molecule has 0 aliphatic rings. The van der Waals surface area contributed by atoms with Gasteiger partial charge in [0.1, 0.15) is 18.1 Å². The zero-order valence-corrected chi connectivity index (χ0v) is 17.0. The molecular formula is C21H27NO3S. The monoisotopic (exact) mass is 373 g/mol. The topological polar surface area (TPSA) is 39.7 Å². The number of nitrogens with one attached hydrogen (secondary N) is 1. The van der Waals surface area contributed by atoms with Crippen molar-refractivity contribution in [2.75, 3.05) is 19.0 Å². The number of benzene rings is 2. The third-order valence-corrected chi connectivity index (χ3v) is 4.55. The Labute approximate surface area is 161 Å². The van der Waals surface area contributed by atoms with Gasteiger partial charge in [0.2, 0.25) is 0 Å². The average Bonchev–Trinajstić information content (AvgIpc) is 2.63. The van der Waals surface area contributed by atoms with Crippen molar-refractivity contribution < 1.29 is 14.2 Å². The Hall–Kier alpha value is -2.27. The van der Waals surface area contributed by atoms with Crippen LogP contribution in [0.25, 0.3) is 0 Å². The first-order valence-corrected chi connectivity index (χ1v) is 9.23. The number of ether oxygens (including phenoxy) is 3. The molecule has 5 heteroatoms. The highest BCUT2D eigenvalue weighted by Crippen LogP contribution is 2.30. The lowest BCUT2D eigenvalue weighted by Gasteiger charge is -2.18. The molecule has 0 saturated carbocycles. The molecule has 0 aromatic heterocycles. The van der Waals surface area contributed by atoms with Crippen LogP contribution in [0, 0.1) is 13.8 Å². The lowest BCUT2D eigenvalue weighted by Crippen LogP contribution is -2.14. The molecule has 0 radical (unpaired) electrons. The van der Waals surface area contributed by atoms with Gasteiger partial charge < -0.3 is 19.5 Å². The minimum Gasteiger partial charge on any atom is -0.493 e. The zero-order valence-electron chi connectivity index (χ0n) is 16.1. The molecule has 0 aliphatic heterocycles. The van der Waals surface area contributed by atoms with Gasteiger partial charge in [-0.05, 0) is 74.3 Å². The highest BCUT2D eigenvalue weighted by atomic mass is 32.1. The van der Waals surface area contributed by atoms with Gasteiger partial charge in [-0.15, -0.1) is 0 Å². The minimum absolute atomic E-state index is 0.306. The molecule has 26 heavy (non-hydrogen) atoms. The molecule has 0 amide bonds. The van der Waals surface area contributed by atoms with E-state index in [9.17, 15) is 0 Å². The zero-order chi connectivity index (χ0) is 19.1. The van der Waals surface area contributed by atoms with E-state index in [-0.39, 0.29) is 0 Å². The van der Waals surface area contributed by atoms with Gasteiger partial charge in [-0.25, -0.2) is 0 Å². The van der Waals surface area contributed by atoms with Crippen LogP contribution < -0.4 is 14.8 Å². The summed E-state index contributed by atoms with van der Waals surface area (Å²) in [6.07, 6.45) is 0.919. The van der Waals surface area contributed by atoms with Crippen LogP contribution in [0.1, 0.15) is 36.1 Å². The van der Waals surface area contributed by atoms with Gasteiger partial charge in [0.05, 0.1) is 25.0 Å². The van der Waals surface area contributed by atoms with E-state index in [2.05, 4.69) is 38.2 Å². The second kappa shape index (κ2) is 9.43. The van der Waals surface area contributed by atoms with Crippen molar-refractivity contribution in [1.29, 1.82) is 0 Å². The fourth-order valence-corrected chi connectivity index (χ4v) is 2.80. The first-order valence-electron chi connectivity index (χ1n) is 8.82. The molecule has 0 unspecified atom stereocenters. The molecular weight excluding hydrogens is 346 g/mol. The Morgan fingerprint density at radius 1 is 1.04 bits per heavy atom. The van der Waals surface area contributed by atoms with Crippen molar-refractivity contribution in [2.45, 2.75) is 40.7 Å². The summed E-state index contributed by atoms with van der Waals surface area (Å²) < 4.78 is 17.0. The van der Waals surface area contributed by atoms with E-state index in [0.29, 0.717) is 18.4 Å². The lowest BCUT2D eigenvalue weighted by atomic mass is 10.0. The number of hydrogen-bond donors (Lipinski definition) is 1. The number of methoxy groups -OCH3 is 1. The van der Waals surface area contributed by atoms with Crippen LogP contribution in [0.15, 0.2) is 30.3 Å². The van der Waals surface area contributed by atoms with E-state index in [1.165, 1.54) is 16.7 Å². The van der Waals surface area contributed by atoms with Crippen molar-refractivity contribution >= 4 is 23.1 Å². The molecule has 0 atom stereocenters. The maximum atomic E-state index is 6.19. The predicted octanol–water partition coefficient (Wildman–Crippen LogP) is 5.19. The van der Waals surface area contributed by atoms with Crippen LogP contribution in [0.5, 0.6) is 11.5 Å². The summed E-state index contributed by atoms with van der Waals surface area (Å²) in [5, 5.41) is 3.40. The van der Waals surface area contributed by atoms with Gasteiger partial charge in [-0.1, -0.05) is 19.1 Å². The fraction of sp³-hybridized carbons (Fsp3) is 0.381. The van der Waals surface area contributed by atoms with Gasteiger partial charge in [-0.3, -0.25) is 0 Å². The molecule has 0 spiro atoms. The molecule has 2 aromatic rings. The Bertz CT molecular complexity index is 774. The molecule has 0 aliphatic carbocycles. The first-order chi connectivity index (χ1) is 12.5. The standard InChI is InChI=1S/C21H27NO3S/c1-6-16-11-14(3)15(4)12-20(16)25-13-17-18(22-21(26)23-5)9-8-10-19(17)24-7-2/h8-12H,6-7,13H2,1-5H3,(H,22,26). The summed E-state index contributed by atoms with van der Waals surface area (Å²) in [7, 11) is 1.54. The Morgan fingerprint density at radius 2 is 1.77 bits per heavy atom. The Kier molecular flexibility index (Phi) is 7.27. The molecule has 0 heterocycles.